The lowest BCUT2D eigenvalue weighted by atomic mass is 9.97. The van der Waals surface area contributed by atoms with Crippen molar-refractivity contribution in [2.45, 2.75) is 45.7 Å². The SMILES string of the molecule is CC1CCN(C(=O)c2ccc(CN3CCC(CO)CC3)cc2)C1C. The van der Waals surface area contributed by atoms with Gasteiger partial charge in [0.15, 0.2) is 0 Å². The second kappa shape index (κ2) is 7.66. The Morgan fingerprint density at radius 2 is 1.75 bits per heavy atom. The molecule has 2 unspecified atom stereocenters. The second-order valence-electron chi connectivity index (χ2n) is 7.60. The van der Waals surface area contributed by atoms with E-state index in [2.05, 4.69) is 30.9 Å². The van der Waals surface area contributed by atoms with Crippen LogP contribution in [0.1, 0.15) is 49.0 Å². The van der Waals surface area contributed by atoms with Gasteiger partial charge in [-0.15, -0.1) is 0 Å². The second-order valence-corrected chi connectivity index (χ2v) is 7.60. The van der Waals surface area contributed by atoms with Gasteiger partial charge in [-0.25, -0.2) is 0 Å². The molecule has 4 nitrogen and oxygen atoms in total. The summed E-state index contributed by atoms with van der Waals surface area (Å²) in [6.45, 7) is 8.61. The molecule has 2 atom stereocenters. The molecule has 3 rings (SSSR count). The lowest BCUT2D eigenvalue weighted by Crippen LogP contribution is -2.35. The molecular weight excluding hydrogens is 300 g/mol. The minimum Gasteiger partial charge on any atom is -0.396 e. The molecule has 2 fully saturated rings. The number of carbonyl (C=O) groups is 1. The van der Waals surface area contributed by atoms with Crippen LogP contribution in [-0.4, -0.2) is 53.1 Å². The summed E-state index contributed by atoms with van der Waals surface area (Å²) in [6.07, 6.45) is 3.27. The van der Waals surface area contributed by atoms with Crippen LogP contribution in [0.3, 0.4) is 0 Å². The number of carbonyl (C=O) groups excluding carboxylic acids is 1. The molecule has 0 saturated carbocycles. The lowest BCUT2D eigenvalue weighted by molar-refractivity contribution is 0.0735. The molecule has 0 spiro atoms. The minimum absolute atomic E-state index is 0.169. The molecule has 0 aromatic heterocycles. The highest BCUT2D eigenvalue weighted by Crippen LogP contribution is 2.25. The number of aliphatic hydroxyl groups is 1. The average molecular weight is 330 g/mol. The van der Waals surface area contributed by atoms with Crippen molar-refractivity contribution < 1.29 is 9.90 Å². The highest BCUT2D eigenvalue weighted by molar-refractivity contribution is 5.94. The lowest BCUT2D eigenvalue weighted by Gasteiger charge is -2.31. The highest BCUT2D eigenvalue weighted by Gasteiger charge is 2.31. The molecule has 1 N–H and O–H groups in total. The maximum atomic E-state index is 12.7. The van der Waals surface area contributed by atoms with E-state index < -0.39 is 0 Å². The molecule has 1 amide bonds. The standard InChI is InChI=1S/C20H30N2O2/c1-15-7-12-22(16(15)2)20(24)19-5-3-17(4-6-19)13-21-10-8-18(14-23)9-11-21/h3-6,15-16,18,23H,7-14H2,1-2H3. The Bertz CT molecular complexity index is 549. The predicted molar refractivity (Wildman–Crippen MR) is 95.8 cm³/mol. The van der Waals surface area contributed by atoms with Gasteiger partial charge in [-0.1, -0.05) is 19.1 Å². The minimum atomic E-state index is 0.169. The van der Waals surface area contributed by atoms with Crippen molar-refractivity contribution in [3.05, 3.63) is 35.4 Å². The van der Waals surface area contributed by atoms with Crippen molar-refractivity contribution in [3.63, 3.8) is 0 Å². The van der Waals surface area contributed by atoms with E-state index in [1.165, 1.54) is 5.56 Å². The number of aliphatic hydroxyl groups excluding tert-OH is 1. The van der Waals surface area contributed by atoms with Crippen LogP contribution < -0.4 is 0 Å². The summed E-state index contributed by atoms with van der Waals surface area (Å²) >= 11 is 0. The number of piperidine rings is 1. The van der Waals surface area contributed by atoms with Crippen LogP contribution in [0.2, 0.25) is 0 Å². The van der Waals surface area contributed by atoms with Gasteiger partial charge in [0.25, 0.3) is 5.91 Å². The van der Waals surface area contributed by atoms with Gasteiger partial charge in [0, 0.05) is 31.3 Å². The first-order valence-corrected chi connectivity index (χ1v) is 9.31. The summed E-state index contributed by atoms with van der Waals surface area (Å²) < 4.78 is 0. The van der Waals surface area contributed by atoms with E-state index in [9.17, 15) is 9.90 Å². The van der Waals surface area contributed by atoms with E-state index in [4.69, 9.17) is 0 Å². The molecule has 0 radical (unpaired) electrons. The third kappa shape index (κ3) is 3.81. The molecule has 1 aromatic rings. The Kier molecular flexibility index (Phi) is 5.57. The van der Waals surface area contributed by atoms with Crippen LogP contribution in [0.15, 0.2) is 24.3 Å². The molecule has 1 aromatic carbocycles. The van der Waals surface area contributed by atoms with Gasteiger partial charge in [0.1, 0.15) is 0 Å². The number of benzene rings is 1. The maximum Gasteiger partial charge on any atom is 0.254 e. The van der Waals surface area contributed by atoms with E-state index in [0.29, 0.717) is 24.5 Å². The zero-order chi connectivity index (χ0) is 17.1. The van der Waals surface area contributed by atoms with Crippen LogP contribution in [0.5, 0.6) is 0 Å². The van der Waals surface area contributed by atoms with Crippen molar-refractivity contribution in [1.29, 1.82) is 0 Å². The van der Waals surface area contributed by atoms with Crippen molar-refractivity contribution in [3.8, 4) is 0 Å². The van der Waals surface area contributed by atoms with E-state index in [-0.39, 0.29) is 5.91 Å². The molecule has 0 bridgehead atoms. The molecular formula is C20H30N2O2. The summed E-state index contributed by atoms with van der Waals surface area (Å²) in [5.41, 5.74) is 2.07. The zero-order valence-corrected chi connectivity index (χ0v) is 14.9. The fourth-order valence-electron chi connectivity index (χ4n) is 3.89. The van der Waals surface area contributed by atoms with Crippen molar-refractivity contribution >= 4 is 5.91 Å². The Hall–Kier alpha value is -1.39. The van der Waals surface area contributed by atoms with Gasteiger partial charge in [-0.3, -0.25) is 9.69 Å². The van der Waals surface area contributed by atoms with Crippen LogP contribution >= 0.6 is 0 Å². The smallest absolute Gasteiger partial charge is 0.254 e. The van der Waals surface area contributed by atoms with Crippen molar-refractivity contribution in [2.24, 2.45) is 11.8 Å². The van der Waals surface area contributed by atoms with Crippen LogP contribution in [0.4, 0.5) is 0 Å². The van der Waals surface area contributed by atoms with E-state index >= 15 is 0 Å². The van der Waals surface area contributed by atoms with E-state index in [1.54, 1.807) is 0 Å². The van der Waals surface area contributed by atoms with Crippen molar-refractivity contribution in [1.82, 2.24) is 9.80 Å². The molecule has 4 heteroatoms. The first-order chi connectivity index (χ1) is 11.6. The third-order valence-corrected chi connectivity index (χ3v) is 5.97. The van der Waals surface area contributed by atoms with Crippen LogP contribution in [-0.2, 0) is 6.54 Å². The quantitative estimate of drug-likeness (QED) is 0.923. The fourth-order valence-corrected chi connectivity index (χ4v) is 3.89. The summed E-state index contributed by atoms with van der Waals surface area (Å²) in [6, 6.07) is 8.48. The largest absolute Gasteiger partial charge is 0.396 e. The summed E-state index contributed by atoms with van der Waals surface area (Å²) in [5.74, 6) is 1.24. The Balaban J connectivity index is 1.57. The van der Waals surface area contributed by atoms with Gasteiger partial charge >= 0.3 is 0 Å². The van der Waals surface area contributed by atoms with Gasteiger partial charge in [0.05, 0.1) is 0 Å². The van der Waals surface area contributed by atoms with Crippen molar-refractivity contribution in [2.75, 3.05) is 26.2 Å². The normalized spacial score (nSPS) is 26.0. The third-order valence-electron chi connectivity index (χ3n) is 5.97. The first kappa shape index (κ1) is 17.4. The van der Waals surface area contributed by atoms with Crippen LogP contribution in [0, 0.1) is 11.8 Å². The van der Waals surface area contributed by atoms with Gasteiger partial charge in [0.2, 0.25) is 0 Å². The number of hydrogen-bond acceptors (Lipinski definition) is 3. The Morgan fingerprint density at radius 3 is 2.29 bits per heavy atom. The van der Waals surface area contributed by atoms with Gasteiger partial charge < -0.3 is 10.0 Å². The maximum absolute atomic E-state index is 12.7. The molecule has 2 saturated heterocycles. The predicted octanol–water partition coefficient (Wildman–Crippen LogP) is 2.76. The Labute approximate surface area is 145 Å². The van der Waals surface area contributed by atoms with E-state index in [1.807, 2.05) is 17.0 Å². The molecule has 132 valence electrons. The van der Waals surface area contributed by atoms with Gasteiger partial charge in [-0.2, -0.15) is 0 Å². The summed E-state index contributed by atoms with van der Waals surface area (Å²) in [4.78, 5) is 17.1. The number of hydrogen-bond donors (Lipinski definition) is 1. The zero-order valence-electron chi connectivity index (χ0n) is 14.9. The number of likely N-dealkylation sites (tertiary alicyclic amines) is 2. The average Bonchev–Trinajstić information content (AvgIpc) is 2.95. The number of rotatable bonds is 4. The first-order valence-electron chi connectivity index (χ1n) is 9.31. The monoisotopic (exact) mass is 330 g/mol. The number of amides is 1. The topological polar surface area (TPSA) is 43.8 Å². The summed E-state index contributed by atoms with van der Waals surface area (Å²) in [7, 11) is 0. The van der Waals surface area contributed by atoms with Crippen LogP contribution in [0.25, 0.3) is 0 Å². The molecule has 2 heterocycles. The molecule has 0 aliphatic carbocycles. The molecule has 2 aliphatic heterocycles. The summed E-state index contributed by atoms with van der Waals surface area (Å²) in [5, 5.41) is 9.22. The Morgan fingerprint density at radius 1 is 1.08 bits per heavy atom. The number of nitrogens with zero attached hydrogens (tertiary/aromatic N) is 2. The molecule has 2 aliphatic rings. The fraction of sp³-hybridized carbons (Fsp3) is 0.650. The molecule has 24 heavy (non-hydrogen) atoms. The van der Waals surface area contributed by atoms with Gasteiger partial charge in [-0.05, 0) is 68.8 Å². The highest BCUT2D eigenvalue weighted by atomic mass is 16.3. The van der Waals surface area contributed by atoms with E-state index in [0.717, 1.165) is 51.0 Å².